The molecule has 6 aromatic carbocycles. The number of epoxide rings is 2. The Kier molecular flexibility index (Phi) is 20.5. The number of ether oxygens (including phenoxy) is 12. The Balaban J connectivity index is 0.000000228. The van der Waals surface area contributed by atoms with Gasteiger partial charge in [-0.2, -0.15) is 0 Å². The monoisotopic (exact) mass is 1150 g/mol. The fraction of sp³-hybridized carbons (Fsp3) is 0.359. The molecule has 0 N–H and O–H groups in total. The molecular weight excluding hydrogens is 1080 g/mol. The van der Waals surface area contributed by atoms with Crippen molar-refractivity contribution in [1.82, 2.24) is 0 Å². The number of carbonyl (C=O) groups excluding carboxylic acids is 3. The Hall–Kier alpha value is -7.81. The predicted molar refractivity (Wildman–Crippen MR) is 296 cm³/mol. The molecule has 0 saturated carbocycles. The predicted octanol–water partition coefficient (Wildman–Crippen LogP) is 12.6. The molecule has 0 aromatic heterocycles. The van der Waals surface area contributed by atoms with Crippen molar-refractivity contribution in [2.24, 2.45) is 5.41 Å². The van der Waals surface area contributed by atoms with Crippen LogP contribution in [0.3, 0.4) is 0 Å². The van der Waals surface area contributed by atoms with Gasteiger partial charge in [-0.05, 0) is 163 Å². The van der Waals surface area contributed by atoms with Crippen molar-refractivity contribution in [1.29, 1.82) is 0 Å². The lowest BCUT2D eigenvalue weighted by atomic mass is 9.84. The van der Waals surface area contributed by atoms with E-state index in [9.17, 15) is 31.9 Å². The summed E-state index contributed by atoms with van der Waals surface area (Å²) < 4.78 is 114. The van der Waals surface area contributed by atoms with E-state index < -0.39 is 35.8 Å². The second kappa shape index (κ2) is 28.5. The third-order valence-electron chi connectivity index (χ3n) is 13.9. The minimum Gasteiger partial charge on any atom is -0.494 e. The zero-order valence-corrected chi connectivity index (χ0v) is 46.0. The Bertz CT molecular complexity index is 3010. The van der Waals surface area contributed by atoms with Crippen LogP contribution in [0.4, 0.5) is 17.6 Å². The van der Waals surface area contributed by atoms with Crippen molar-refractivity contribution in [3.8, 4) is 51.4 Å². The summed E-state index contributed by atoms with van der Waals surface area (Å²) in [4.78, 5) is 37.8. The van der Waals surface area contributed by atoms with Crippen molar-refractivity contribution >= 4 is 24.0 Å². The maximum atomic E-state index is 13.7. The summed E-state index contributed by atoms with van der Waals surface area (Å²) in [6, 6.07) is 34.7. The molecule has 438 valence electrons. The van der Waals surface area contributed by atoms with Gasteiger partial charge in [0.2, 0.25) is 0 Å². The van der Waals surface area contributed by atoms with E-state index in [0.717, 1.165) is 85.8 Å². The highest BCUT2D eigenvalue weighted by Crippen LogP contribution is 2.47. The van der Waals surface area contributed by atoms with E-state index in [4.69, 9.17) is 52.1 Å². The standard InChI is InChI=1S/C42H44O10.C22H20F4O5/c1-28-39-22-33(51-41(43)29-6-10-31(11-7-29)47-20-4-2-18-45-24-35-26-49-35)14-16-37(39)38-17-15-34(23-40(28)38)52-42(44)30-8-12-32(13-9-30)48-21-5-3-19-46-25-36-27-50-36;1-2-21(12-28-13-21)14-29-16-6-3-15(4-7-16)5-10-20(27)30-17-8-9-19(18(23)11-17)31-22(24,25)26/h6-17,22-23,28,35-36H,2-5,18-21,24-27H2,1H3;3-11H,2,12-14H2,1H3/b;10-5+. The number of esters is 3. The number of fused-ring (bicyclic) bond motifs is 3. The van der Waals surface area contributed by atoms with E-state index >= 15 is 0 Å². The molecule has 3 aliphatic heterocycles. The summed E-state index contributed by atoms with van der Waals surface area (Å²) in [6.07, 6.45) is 2.71. The van der Waals surface area contributed by atoms with Gasteiger partial charge in [0.25, 0.3) is 0 Å². The molecule has 4 aliphatic rings. The number of carbonyl (C=O) groups is 3. The van der Waals surface area contributed by atoms with Gasteiger partial charge >= 0.3 is 24.3 Å². The van der Waals surface area contributed by atoms with Gasteiger partial charge in [-0.25, -0.2) is 18.8 Å². The summed E-state index contributed by atoms with van der Waals surface area (Å²) in [5, 5.41) is 0. The van der Waals surface area contributed by atoms with Crippen LogP contribution in [0.5, 0.6) is 40.2 Å². The molecule has 19 heteroatoms. The number of alkyl halides is 3. The quantitative estimate of drug-likeness (QED) is 0.0113. The van der Waals surface area contributed by atoms with Gasteiger partial charge < -0.3 is 56.8 Å². The summed E-state index contributed by atoms with van der Waals surface area (Å²) in [5.74, 6) is -1.26. The molecule has 10 rings (SSSR count). The van der Waals surface area contributed by atoms with Gasteiger partial charge in [0.1, 0.15) is 46.7 Å². The van der Waals surface area contributed by atoms with Gasteiger partial charge in [-0.15, -0.1) is 13.2 Å². The van der Waals surface area contributed by atoms with E-state index in [0.29, 0.717) is 111 Å². The molecule has 0 bridgehead atoms. The molecule has 0 radical (unpaired) electrons. The number of halogens is 4. The number of hydrogen-bond acceptors (Lipinski definition) is 15. The first-order chi connectivity index (χ1) is 40.2. The first-order valence-electron chi connectivity index (χ1n) is 27.5. The summed E-state index contributed by atoms with van der Waals surface area (Å²) in [6.45, 7) is 11.6. The van der Waals surface area contributed by atoms with Crippen LogP contribution in [0.25, 0.3) is 17.2 Å². The second-order valence-corrected chi connectivity index (χ2v) is 20.3. The van der Waals surface area contributed by atoms with Gasteiger partial charge in [0, 0.05) is 31.3 Å². The molecule has 2 atom stereocenters. The molecule has 3 fully saturated rings. The molecule has 83 heavy (non-hydrogen) atoms. The molecule has 3 heterocycles. The summed E-state index contributed by atoms with van der Waals surface area (Å²) in [7, 11) is 0. The van der Waals surface area contributed by atoms with Crippen LogP contribution in [0.15, 0.2) is 133 Å². The van der Waals surface area contributed by atoms with E-state index in [1.54, 1.807) is 84.9 Å². The van der Waals surface area contributed by atoms with Crippen LogP contribution in [0, 0.1) is 11.2 Å². The maximum absolute atomic E-state index is 13.7. The van der Waals surface area contributed by atoms with E-state index in [2.05, 4.69) is 18.6 Å². The lowest BCUT2D eigenvalue weighted by molar-refractivity contribution is -0.275. The molecular formula is C64H64F4O15. The Morgan fingerprint density at radius 1 is 0.590 bits per heavy atom. The molecule has 6 aromatic rings. The van der Waals surface area contributed by atoms with Crippen molar-refractivity contribution in [2.75, 3.05) is 72.7 Å². The Labute approximate surface area is 478 Å². The van der Waals surface area contributed by atoms with Gasteiger partial charge in [-0.3, -0.25) is 0 Å². The number of hydrogen-bond donors (Lipinski definition) is 0. The van der Waals surface area contributed by atoms with Crippen molar-refractivity contribution in [3.05, 3.63) is 167 Å². The van der Waals surface area contributed by atoms with E-state index in [-0.39, 0.29) is 29.3 Å². The third kappa shape index (κ3) is 18.1. The number of rotatable bonds is 28. The Morgan fingerprint density at radius 3 is 1.51 bits per heavy atom. The zero-order valence-electron chi connectivity index (χ0n) is 46.0. The van der Waals surface area contributed by atoms with E-state index in [1.165, 1.54) is 6.08 Å². The minimum absolute atomic E-state index is 0.00715. The average Bonchev–Trinajstić information content (AvgIpc) is 3.84. The fourth-order valence-corrected chi connectivity index (χ4v) is 8.80. The second-order valence-electron chi connectivity index (χ2n) is 20.3. The fourth-order valence-electron chi connectivity index (χ4n) is 8.80. The molecule has 0 amide bonds. The molecule has 0 spiro atoms. The largest absolute Gasteiger partial charge is 0.573 e. The highest BCUT2D eigenvalue weighted by molar-refractivity contribution is 5.92. The highest BCUT2D eigenvalue weighted by Gasteiger charge is 2.38. The van der Waals surface area contributed by atoms with Crippen LogP contribution < -0.4 is 33.2 Å². The van der Waals surface area contributed by atoms with Crippen LogP contribution in [0.2, 0.25) is 0 Å². The van der Waals surface area contributed by atoms with Crippen LogP contribution in [0.1, 0.15) is 89.3 Å². The molecule has 3 saturated heterocycles. The topological polar surface area (TPSA) is 169 Å². The average molecular weight is 1150 g/mol. The van der Waals surface area contributed by atoms with Gasteiger partial charge in [0.05, 0.1) is 76.0 Å². The van der Waals surface area contributed by atoms with Crippen molar-refractivity contribution in [2.45, 2.75) is 70.4 Å². The molecule has 2 unspecified atom stereocenters. The van der Waals surface area contributed by atoms with Crippen LogP contribution >= 0.6 is 0 Å². The molecule has 15 nitrogen and oxygen atoms in total. The SMILES string of the molecule is CC1c2cc(OC(=O)c3ccc(OCCCCOCC4CO4)cc3)ccc2-c2ccc(OC(=O)c3ccc(OCCCCOCC4CO4)cc3)cc21.CCC1(COc2ccc(/C=C/C(=O)Oc3ccc(OC(F)(F)F)c(F)c3)cc2)COC1. The lowest BCUT2D eigenvalue weighted by Gasteiger charge is -2.40. The van der Waals surface area contributed by atoms with E-state index in [1.807, 2.05) is 24.3 Å². The summed E-state index contributed by atoms with van der Waals surface area (Å²) >= 11 is 0. The smallest absolute Gasteiger partial charge is 0.494 e. The normalized spacial score (nSPS) is 17.0. The van der Waals surface area contributed by atoms with Gasteiger partial charge in [-0.1, -0.05) is 38.1 Å². The van der Waals surface area contributed by atoms with Crippen LogP contribution in [-0.4, -0.2) is 109 Å². The van der Waals surface area contributed by atoms with Crippen molar-refractivity contribution in [3.63, 3.8) is 0 Å². The first kappa shape index (κ1) is 59.8. The zero-order chi connectivity index (χ0) is 58.2. The number of benzene rings is 6. The lowest BCUT2D eigenvalue weighted by Crippen LogP contribution is -2.46. The first-order valence-corrected chi connectivity index (χ1v) is 27.5. The number of unbranched alkanes of at least 4 members (excludes halogenated alkanes) is 2. The highest BCUT2D eigenvalue weighted by atomic mass is 19.4. The van der Waals surface area contributed by atoms with Crippen LogP contribution in [-0.2, 0) is 28.5 Å². The van der Waals surface area contributed by atoms with Gasteiger partial charge in [0.15, 0.2) is 11.6 Å². The Morgan fingerprint density at radius 2 is 1.05 bits per heavy atom. The minimum atomic E-state index is -5.02. The third-order valence-corrected chi connectivity index (χ3v) is 13.9. The molecule has 1 aliphatic carbocycles. The maximum Gasteiger partial charge on any atom is 0.573 e. The van der Waals surface area contributed by atoms with Crippen molar-refractivity contribution < 1.29 is 88.8 Å². The summed E-state index contributed by atoms with van der Waals surface area (Å²) in [5.41, 5.74) is 5.82.